The molecule has 2 fully saturated rings. The monoisotopic (exact) mass is 654 g/mol. The van der Waals surface area contributed by atoms with Gasteiger partial charge in [-0.1, -0.05) is 60.7 Å². The van der Waals surface area contributed by atoms with Crippen LogP contribution in [0, 0.1) is 11.3 Å². The molecule has 3 aromatic rings. The number of benzene rings is 2. The van der Waals surface area contributed by atoms with Crippen LogP contribution in [0.5, 0.6) is 0 Å². The predicted octanol–water partition coefficient (Wildman–Crippen LogP) is 2.62. The van der Waals surface area contributed by atoms with Crippen LogP contribution in [-0.2, 0) is 32.3 Å². The van der Waals surface area contributed by atoms with Crippen molar-refractivity contribution in [3.63, 3.8) is 0 Å². The summed E-state index contributed by atoms with van der Waals surface area (Å²) in [5.41, 5.74) is 1.14. The number of nitrogens with zero attached hydrogens (tertiary/aromatic N) is 4. The lowest BCUT2D eigenvalue weighted by Crippen LogP contribution is -2.65. The molecule has 5 rings (SSSR count). The minimum atomic E-state index is -4.68. The van der Waals surface area contributed by atoms with Crippen LogP contribution in [0.25, 0.3) is 0 Å². The SMILES string of the molecule is CNC(=O)[C@@H](NC(=O)[C@@H]1CN(C(=O)c2cnn(Cc3ccccc3)c2)CC12CN(C(=O)CC(F)(F)F)C2)[C@@H](C)OCc1ccccc1. The van der Waals surface area contributed by atoms with Gasteiger partial charge in [0, 0.05) is 44.8 Å². The average Bonchev–Trinajstić information content (AvgIpc) is 3.67. The Bertz CT molecular complexity index is 1580. The van der Waals surface area contributed by atoms with E-state index in [-0.39, 0.29) is 38.3 Å². The van der Waals surface area contributed by atoms with Crippen LogP contribution in [-0.4, -0.2) is 94.8 Å². The van der Waals surface area contributed by atoms with Crippen molar-refractivity contribution in [1.82, 2.24) is 30.2 Å². The van der Waals surface area contributed by atoms with Gasteiger partial charge in [0.25, 0.3) is 5.91 Å². The third-order valence-electron chi connectivity index (χ3n) is 8.69. The van der Waals surface area contributed by atoms with Gasteiger partial charge in [-0.3, -0.25) is 23.9 Å². The number of carbonyl (C=O) groups excluding carboxylic acids is 4. The highest BCUT2D eigenvalue weighted by atomic mass is 19.4. The molecule has 250 valence electrons. The van der Waals surface area contributed by atoms with E-state index in [9.17, 15) is 32.3 Å². The van der Waals surface area contributed by atoms with Crippen molar-refractivity contribution < 1.29 is 37.1 Å². The Morgan fingerprint density at radius 1 is 0.979 bits per heavy atom. The number of likely N-dealkylation sites (N-methyl/N-ethyl adjacent to an activating group) is 1. The van der Waals surface area contributed by atoms with Crippen molar-refractivity contribution in [2.45, 2.75) is 44.8 Å². The molecule has 2 aliphatic heterocycles. The quantitative estimate of drug-likeness (QED) is 0.328. The molecule has 2 aliphatic rings. The van der Waals surface area contributed by atoms with Gasteiger partial charge in [-0.05, 0) is 18.1 Å². The van der Waals surface area contributed by atoms with E-state index < -0.39 is 59.7 Å². The number of likely N-dealkylation sites (tertiary alicyclic amines) is 2. The fraction of sp³-hybridized carbons (Fsp3) is 0.424. The zero-order valence-electron chi connectivity index (χ0n) is 26.1. The summed E-state index contributed by atoms with van der Waals surface area (Å²) in [6.45, 7) is 1.98. The topological polar surface area (TPSA) is 126 Å². The number of carbonyl (C=O) groups is 4. The molecule has 0 saturated carbocycles. The van der Waals surface area contributed by atoms with E-state index in [1.54, 1.807) is 17.8 Å². The Balaban J connectivity index is 1.32. The highest BCUT2D eigenvalue weighted by Gasteiger charge is 2.59. The molecule has 0 radical (unpaired) electrons. The van der Waals surface area contributed by atoms with Crippen LogP contribution in [0.15, 0.2) is 73.1 Å². The third-order valence-corrected chi connectivity index (χ3v) is 8.69. The lowest BCUT2D eigenvalue weighted by Gasteiger charge is -2.50. The molecule has 3 heterocycles. The molecular formula is C33H37F3N6O5. The summed E-state index contributed by atoms with van der Waals surface area (Å²) in [6, 6.07) is 17.7. The second kappa shape index (κ2) is 14.0. The van der Waals surface area contributed by atoms with Gasteiger partial charge < -0.3 is 25.2 Å². The second-order valence-corrected chi connectivity index (χ2v) is 12.2. The zero-order valence-corrected chi connectivity index (χ0v) is 26.1. The second-order valence-electron chi connectivity index (χ2n) is 12.2. The van der Waals surface area contributed by atoms with Gasteiger partial charge >= 0.3 is 6.18 Å². The van der Waals surface area contributed by atoms with Gasteiger partial charge in [-0.15, -0.1) is 0 Å². The number of nitrogens with one attached hydrogen (secondary N) is 2. The van der Waals surface area contributed by atoms with Gasteiger partial charge in [0.2, 0.25) is 17.7 Å². The molecule has 2 saturated heterocycles. The summed E-state index contributed by atoms with van der Waals surface area (Å²) in [5, 5.41) is 9.60. The Morgan fingerprint density at radius 2 is 1.60 bits per heavy atom. The lowest BCUT2D eigenvalue weighted by atomic mass is 9.71. The molecule has 47 heavy (non-hydrogen) atoms. The number of halogens is 3. The molecule has 3 atom stereocenters. The van der Waals surface area contributed by atoms with Gasteiger partial charge in [0.05, 0.1) is 36.9 Å². The minimum absolute atomic E-state index is 0.0360. The molecule has 0 bridgehead atoms. The van der Waals surface area contributed by atoms with Crippen molar-refractivity contribution in [2.24, 2.45) is 11.3 Å². The van der Waals surface area contributed by atoms with Crippen LogP contribution in [0.3, 0.4) is 0 Å². The van der Waals surface area contributed by atoms with Gasteiger partial charge in [0.1, 0.15) is 12.5 Å². The smallest absolute Gasteiger partial charge is 0.371 e. The molecule has 1 spiro atoms. The van der Waals surface area contributed by atoms with Crippen LogP contribution >= 0.6 is 0 Å². The molecule has 1 aromatic heterocycles. The summed E-state index contributed by atoms with van der Waals surface area (Å²) in [7, 11) is 1.43. The summed E-state index contributed by atoms with van der Waals surface area (Å²) in [6.07, 6.45) is -4.01. The van der Waals surface area contributed by atoms with E-state index in [2.05, 4.69) is 15.7 Å². The van der Waals surface area contributed by atoms with Crippen molar-refractivity contribution in [2.75, 3.05) is 33.2 Å². The molecule has 2 N–H and O–H groups in total. The summed E-state index contributed by atoms with van der Waals surface area (Å²) in [4.78, 5) is 55.3. The fourth-order valence-corrected chi connectivity index (χ4v) is 6.20. The van der Waals surface area contributed by atoms with E-state index in [1.807, 2.05) is 60.7 Å². The van der Waals surface area contributed by atoms with Gasteiger partial charge in [-0.25, -0.2) is 0 Å². The molecule has 2 aromatic carbocycles. The van der Waals surface area contributed by atoms with Crippen LogP contribution in [0.4, 0.5) is 13.2 Å². The van der Waals surface area contributed by atoms with Crippen molar-refractivity contribution >= 4 is 23.6 Å². The normalized spacial score (nSPS) is 18.4. The number of ether oxygens (including phenoxy) is 1. The standard InChI is InChI=1S/C33H37F3N6O5/c1-22(47-18-24-11-7-4-8-12-24)28(30(45)37-2)39-29(44)26-17-40(19-32(26)20-41(21-32)27(43)13-33(34,35)36)31(46)25-14-38-42(16-25)15-23-9-5-3-6-10-23/h3-12,14,16,22,26,28H,13,15,17-21H2,1-2H3,(H,37,45)(H,39,44)/t22-,26+,28+/m1/s1. The average molecular weight is 655 g/mol. The van der Waals surface area contributed by atoms with E-state index in [0.29, 0.717) is 6.54 Å². The van der Waals surface area contributed by atoms with Crippen molar-refractivity contribution in [3.05, 3.63) is 89.7 Å². The number of rotatable bonds is 11. The number of amides is 4. The summed E-state index contributed by atoms with van der Waals surface area (Å²) >= 11 is 0. The third kappa shape index (κ3) is 7.99. The van der Waals surface area contributed by atoms with E-state index >= 15 is 0 Å². The van der Waals surface area contributed by atoms with Crippen LogP contribution in [0.1, 0.15) is 34.8 Å². The Hall–Kier alpha value is -4.72. The maximum atomic E-state index is 13.9. The summed E-state index contributed by atoms with van der Waals surface area (Å²) in [5.74, 6) is -3.47. The number of hydrogen-bond acceptors (Lipinski definition) is 6. The predicted molar refractivity (Wildman–Crippen MR) is 164 cm³/mol. The lowest BCUT2D eigenvalue weighted by molar-refractivity contribution is -0.172. The van der Waals surface area contributed by atoms with Gasteiger partial charge in [0.15, 0.2) is 0 Å². The molecule has 0 unspecified atom stereocenters. The van der Waals surface area contributed by atoms with E-state index in [0.717, 1.165) is 16.0 Å². The van der Waals surface area contributed by atoms with E-state index in [4.69, 9.17) is 4.74 Å². The molecular weight excluding hydrogens is 617 g/mol. The van der Waals surface area contributed by atoms with Crippen molar-refractivity contribution in [3.8, 4) is 0 Å². The Labute approximate surface area is 270 Å². The van der Waals surface area contributed by atoms with Crippen LogP contribution < -0.4 is 10.6 Å². The zero-order chi connectivity index (χ0) is 33.8. The Morgan fingerprint density at radius 3 is 2.21 bits per heavy atom. The maximum Gasteiger partial charge on any atom is 0.397 e. The number of aromatic nitrogens is 2. The van der Waals surface area contributed by atoms with Crippen molar-refractivity contribution in [1.29, 1.82) is 0 Å². The molecule has 0 aliphatic carbocycles. The highest BCUT2D eigenvalue weighted by Crippen LogP contribution is 2.45. The maximum absolute atomic E-state index is 13.9. The number of alkyl halides is 3. The first kappa shape index (κ1) is 33.6. The summed E-state index contributed by atoms with van der Waals surface area (Å²) < 4.78 is 46.5. The first-order valence-electron chi connectivity index (χ1n) is 15.2. The minimum Gasteiger partial charge on any atom is -0.371 e. The number of hydrogen-bond donors (Lipinski definition) is 2. The molecule has 14 heteroatoms. The van der Waals surface area contributed by atoms with Crippen LogP contribution in [0.2, 0.25) is 0 Å². The Kier molecular flexibility index (Phi) is 9.99. The fourth-order valence-electron chi connectivity index (χ4n) is 6.20. The van der Waals surface area contributed by atoms with E-state index in [1.165, 1.54) is 18.1 Å². The highest BCUT2D eigenvalue weighted by molar-refractivity contribution is 5.95. The molecule has 4 amide bonds. The first-order chi connectivity index (χ1) is 22.4. The first-order valence-corrected chi connectivity index (χ1v) is 15.2. The molecule has 11 nitrogen and oxygen atoms in total. The van der Waals surface area contributed by atoms with Gasteiger partial charge in [-0.2, -0.15) is 18.3 Å². The largest absolute Gasteiger partial charge is 0.397 e.